The molecule has 1 amide bonds. The van der Waals surface area contributed by atoms with Gasteiger partial charge in [-0.2, -0.15) is 0 Å². The second kappa shape index (κ2) is 13.0. The fourth-order valence-electron chi connectivity index (χ4n) is 4.15. The lowest BCUT2D eigenvalue weighted by atomic mass is 10.0. The van der Waals surface area contributed by atoms with Crippen LogP contribution >= 0.6 is 0 Å². The summed E-state index contributed by atoms with van der Waals surface area (Å²) < 4.78 is 8.49. The molecule has 0 fully saturated rings. The summed E-state index contributed by atoms with van der Waals surface area (Å²) in [4.78, 5) is 16.3. The minimum absolute atomic E-state index is 0.133. The van der Waals surface area contributed by atoms with Gasteiger partial charge in [0.15, 0.2) is 0 Å². The second-order valence-electron chi connectivity index (χ2n) is 8.93. The maximum atomic E-state index is 11.4. The lowest BCUT2D eigenvalue weighted by Gasteiger charge is -2.14. The number of carbonyl (C=O) groups excluding carboxylic acids is 1. The zero-order valence-corrected chi connectivity index (χ0v) is 20.5. The van der Waals surface area contributed by atoms with Crippen molar-refractivity contribution in [2.45, 2.75) is 78.2 Å². The van der Waals surface area contributed by atoms with Gasteiger partial charge in [0, 0.05) is 25.9 Å². The molecule has 0 radical (unpaired) electrons. The van der Waals surface area contributed by atoms with Crippen LogP contribution in [0.25, 0.3) is 11.0 Å². The third kappa shape index (κ3) is 7.34. The molecule has 0 bridgehead atoms. The van der Waals surface area contributed by atoms with E-state index in [9.17, 15) is 4.79 Å². The summed E-state index contributed by atoms with van der Waals surface area (Å²) in [5.41, 5.74) is 3.56. The third-order valence-electron chi connectivity index (χ3n) is 6.03. The number of aromatic nitrogens is 2. The first-order chi connectivity index (χ1) is 16.1. The number of nitrogens with zero attached hydrogens (tertiary/aromatic N) is 2. The predicted molar refractivity (Wildman–Crippen MR) is 136 cm³/mol. The first kappa shape index (κ1) is 24.8. The van der Waals surface area contributed by atoms with Gasteiger partial charge in [-0.25, -0.2) is 4.98 Å². The van der Waals surface area contributed by atoms with E-state index >= 15 is 0 Å². The van der Waals surface area contributed by atoms with Crippen LogP contribution in [0.2, 0.25) is 0 Å². The largest absolute Gasteiger partial charge is 0.493 e. The molecule has 5 heteroatoms. The van der Waals surface area contributed by atoms with Crippen LogP contribution in [0.4, 0.5) is 0 Å². The van der Waals surface area contributed by atoms with Crippen molar-refractivity contribution in [1.29, 1.82) is 0 Å². The number of ether oxygens (including phenoxy) is 1. The van der Waals surface area contributed by atoms with Gasteiger partial charge < -0.3 is 14.6 Å². The van der Waals surface area contributed by atoms with E-state index in [1.54, 1.807) is 0 Å². The SMILES string of the molecule is CCC(=O)NCCCCCc1nc2ccccc2n1CCCCOc1ccccc1C(C)C. The van der Waals surface area contributed by atoms with Crippen LogP contribution in [0.15, 0.2) is 48.5 Å². The van der Waals surface area contributed by atoms with Gasteiger partial charge in [-0.1, -0.05) is 57.5 Å². The van der Waals surface area contributed by atoms with Gasteiger partial charge in [-0.05, 0) is 55.4 Å². The van der Waals surface area contributed by atoms with Crippen LogP contribution < -0.4 is 10.1 Å². The molecule has 0 aliphatic rings. The van der Waals surface area contributed by atoms with Crippen molar-refractivity contribution in [2.24, 2.45) is 0 Å². The lowest BCUT2D eigenvalue weighted by molar-refractivity contribution is -0.120. The predicted octanol–water partition coefficient (Wildman–Crippen LogP) is 6.26. The van der Waals surface area contributed by atoms with Gasteiger partial charge in [-0.3, -0.25) is 4.79 Å². The van der Waals surface area contributed by atoms with Gasteiger partial charge in [0.2, 0.25) is 5.91 Å². The number of benzene rings is 2. The Morgan fingerprint density at radius 3 is 2.61 bits per heavy atom. The average Bonchev–Trinajstić information content (AvgIpc) is 3.18. The zero-order valence-electron chi connectivity index (χ0n) is 20.5. The normalized spacial score (nSPS) is 11.3. The molecule has 1 heterocycles. The highest BCUT2D eigenvalue weighted by atomic mass is 16.5. The van der Waals surface area contributed by atoms with E-state index in [0.29, 0.717) is 12.3 Å². The Hall–Kier alpha value is -2.82. The Labute approximate surface area is 198 Å². The van der Waals surface area contributed by atoms with Crippen LogP contribution in [0.3, 0.4) is 0 Å². The Bertz CT molecular complexity index is 1010. The number of imidazole rings is 1. The third-order valence-corrected chi connectivity index (χ3v) is 6.03. The molecule has 0 aliphatic heterocycles. The molecular weight excluding hydrogens is 410 g/mol. The van der Waals surface area contributed by atoms with Gasteiger partial charge in [0.25, 0.3) is 0 Å². The smallest absolute Gasteiger partial charge is 0.219 e. The lowest BCUT2D eigenvalue weighted by Crippen LogP contribution is -2.23. The number of fused-ring (bicyclic) bond motifs is 1. The van der Waals surface area contributed by atoms with Crippen LogP contribution in [-0.2, 0) is 17.8 Å². The maximum Gasteiger partial charge on any atom is 0.219 e. The van der Waals surface area contributed by atoms with Crippen molar-refractivity contribution in [3.05, 3.63) is 59.9 Å². The maximum absolute atomic E-state index is 11.4. The fourth-order valence-corrected chi connectivity index (χ4v) is 4.15. The van der Waals surface area contributed by atoms with E-state index in [-0.39, 0.29) is 5.91 Å². The number of para-hydroxylation sites is 3. The summed E-state index contributed by atoms with van der Waals surface area (Å²) in [6.45, 7) is 8.75. The van der Waals surface area contributed by atoms with Gasteiger partial charge in [0.1, 0.15) is 11.6 Å². The molecule has 0 saturated carbocycles. The average molecular weight is 450 g/mol. The number of aryl methyl sites for hydroxylation is 2. The molecule has 0 saturated heterocycles. The summed E-state index contributed by atoms with van der Waals surface area (Å²) in [7, 11) is 0. The van der Waals surface area contributed by atoms with E-state index in [4.69, 9.17) is 9.72 Å². The summed E-state index contributed by atoms with van der Waals surface area (Å²) in [6.07, 6.45) is 6.78. The monoisotopic (exact) mass is 449 g/mol. The Kier molecular flexibility index (Phi) is 9.79. The van der Waals surface area contributed by atoms with Crippen LogP contribution in [-0.4, -0.2) is 28.6 Å². The fraction of sp³-hybridized carbons (Fsp3) is 0.500. The molecule has 2 aromatic carbocycles. The van der Waals surface area contributed by atoms with Crippen LogP contribution in [0.1, 0.15) is 76.6 Å². The number of nitrogens with one attached hydrogen (secondary N) is 1. The number of unbranched alkanes of at least 4 members (excludes halogenated alkanes) is 3. The highest BCUT2D eigenvalue weighted by Crippen LogP contribution is 2.26. The van der Waals surface area contributed by atoms with Crippen LogP contribution in [0, 0.1) is 0 Å². The van der Waals surface area contributed by atoms with E-state index in [2.05, 4.69) is 66.2 Å². The molecule has 3 aromatic rings. The van der Waals surface area contributed by atoms with E-state index in [1.807, 2.05) is 13.0 Å². The molecule has 0 aliphatic carbocycles. The second-order valence-corrected chi connectivity index (χ2v) is 8.93. The van der Waals surface area contributed by atoms with Gasteiger partial charge in [0.05, 0.1) is 17.6 Å². The summed E-state index contributed by atoms with van der Waals surface area (Å²) in [6, 6.07) is 16.8. The summed E-state index contributed by atoms with van der Waals surface area (Å²) >= 11 is 0. The summed E-state index contributed by atoms with van der Waals surface area (Å²) in [5.74, 6) is 2.77. The van der Waals surface area contributed by atoms with Crippen LogP contribution in [0.5, 0.6) is 5.75 Å². The first-order valence-corrected chi connectivity index (χ1v) is 12.5. The summed E-state index contributed by atoms with van der Waals surface area (Å²) in [5, 5.41) is 2.95. The molecule has 0 unspecified atom stereocenters. The van der Waals surface area contributed by atoms with Crippen molar-refractivity contribution in [3.63, 3.8) is 0 Å². The Morgan fingerprint density at radius 1 is 1.00 bits per heavy atom. The molecule has 0 atom stereocenters. The van der Waals surface area contributed by atoms with Gasteiger partial charge in [-0.15, -0.1) is 0 Å². The van der Waals surface area contributed by atoms with Crippen molar-refractivity contribution < 1.29 is 9.53 Å². The number of carbonyl (C=O) groups is 1. The molecule has 5 nitrogen and oxygen atoms in total. The zero-order chi connectivity index (χ0) is 23.5. The topological polar surface area (TPSA) is 56.2 Å². The van der Waals surface area contributed by atoms with Crippen molar-refractivity contribution in [2.75, 3.05) is 13.2 Å². The highest BCUT2D eigenvalue weighted by Gasteiger charge is 2.11. The minimum atomic E-state index is 0.133. The van der Waals surface area contributed by atoms with E-state index < -0.39 is 0 Å². The number of hydrogen-bond donors (Lipinski definition) is 1. The van der Waals surface area contributed by atoms with Crippen molar-refractivity contribution >= 4 is 16.9 Å². The Balaban J connectivity index is 1.49. The number of amides is 1. The van der Waals surface area contributed by atoms with Crippen molar-refractivity contribution in [3.8, 4) is 5.75 Å². The number of hydrogen-bond acceptors (Lipinski definition) is 3. The minimum Gasteiger partial charge on any atom is -0.493 e. The molecule has 33 heavy (non-hydrogen) atoms. The molecular formula is C28H39N3O2. The quantitative estimate of drug-likeness (QED) is 0.296. The first-order valence-electron chi connectivity index (χ1n) is 12.5. The molecule has 0 spiro atoms. The molecule has 1 N–H and O–H groups in total. The molecule has 178 valence electrons. The van der Waals surface area contributed by atoms with Gasteiger partial charge >= 0.3 is 0 Å². The van der Waals surface area contributed by atoms with Crippen molar-refractivity contribution in [1.82, 2.24) is 14.9 Å². The molecule has 3 rings (SSSR count). The molecule has 1 aromatic heterocycles. The van der Waals surface area contributed by atoms with E-state index in [0.717, 1.165) is 69.5 Å². The number of rotatable bonds is 14. The highest BCUT2D eigenvalue weighted by molar-refractivity contribution is 5.76. The Morgan fingerprint density at radius 2 is 1.79 bits per heavy atom. The van der Waals surface area contributed by atoms with E-state index in [1.165, 1.54) is 16.9 Å². The standard InChI is InChI=1S/C28H39N3O2/c1-4-28(32)29-19-11-5-6-18-27-30-24-15-8-9-16-25(24)31(27)20-12-13-21-33-26-17-10-7-14-23(26)22(2)3/h7-10,14-17,22H,4-6,11-13,18-21H2,1-3H3,(H,29,32).